The maximum Gasteiger partial charge on any atom is 0.242 e. The van der Waals surface area contributed by atoms with E-state index in [1.165, 1.54) is 0 Å². The van der Waals surface area contributed by atoms with Gasteiger partial charge in [0.05, 0.1) is 6.04 Å². The van der Waals surface area contributed by atoms with Crippen molar-refractivity contribution in [1.29, 1.82) is 0 Å². The van der Waals surface area contributed by atoms with Crippen LogP contribution in [0.5, 0.6) is 0 Å². The average Bonchev–Trinajstić information content (AvgIpc) is 3.09. The number of anilines is 2. The molecule has 11 nitrogen and oxygen atoms in total. The van der Waals surface area contributed by atoms with Crippen molar-refractivity contribution in [2.45, 2.75) is 162 Å². The number of unbranched alkanes of at least 4 members (excludes halogenated alkanes) is 2. The molecule has 50 heavy (non-hydrogen) atoms. The number of ketones is 1. The Kier molecular flexibility index (Phi) is 23.5. The van der Waals surface area contributed by atoms with Gasteiger partial charge in [0.25, 0.3) is 0 Å². The van der Waals surface area contributed by atoms with Crippen LogP contribution in [-0.2, 0) is 9.59 Å². The van der Waals surface area contributed by atoms with E-state index < -0.39 is 17.5 Å². The second-order valence-corrected chi connectivity index (χ2v) is 15.6. The van der Waals surface area contributed by atoms with Gasteiger partial charge < -0.3 is 32.7 Å². The Morgan fingerprint density at radius 2 is 1.46 bits per heavy atom. The van der Waals surface area contributed by atoms with Crippen LogP contribution in [0.4, 0.5) is 11.9 Å². The van der Waals surface area contributed by atoms with Crippen molar-refractivity contribution in [3.8, 4) is 0 Å². The van der Waals surface area contributed by atoms with E-state index in [9.17, 15) is 9.59 Å². The molecule has 1 aromatic heterocycles. The largest absolute Gasteiger partial charge is 0.354 e. The van der Waals surface area contributed by atoms with E-state index in [-0.39, 0.29) is 17.2 Å². The van der Waals surface area contributed by atoms with Gasteiger partial charge in [-0.3, -0.25) is 9.59 Å². The molecule has 4 atom stereocenters. The van der Waals surface area contributed by atoms with Gasteiger partial charge in [-0.25, -0.2) is 0 Å². The summed E-state index contributed by atoms with van der Waals surface area (Å²) in [6.07, 6.45) is 15.1. The van der Waals surface area contributed by atoms with Gasteiger partial charge in [-0.15, -0.1) is 0 Å². The van der Waals surface area contributed by atoms with E-state index in [4.69, 9.17) is 26.4 Å². The van der Waals surface area contributed by atoms with Crippen LogP contribution >= 0.6 is 11.8 Å². The lowest BCUT2D eigenvalue weighted by Gasteiger charge is -2.31. The summed E-state index contributed by atoms with van der Waals surface area (Å²) in [7, 11) is 0. The summed E-state index contributed by atoms with van der Waals surface area (Å²) in [6, 6.07) is -0.990. The molecule has 12 heteroatoms. The SMILES string of the molecule is C/C=C\CC(C)(CC)NCCCNC(=O)C(CCCCN)Nc1nc(NC(CCCCN)C(=O)C(C)(CC)CCC)nc(SCCC(C)C)n1. The molecule has 1 heterocycles. The maximum atomic E-state index is 14.0. The molecule has 1 rings (SSSR count). The third-order valence-corrected chi connectivity index (χ3v) is 10.5. The van der Waals surface area contributed by atoms with Gasteiger partial charge in [0.15, 0.2) is 10.9 Å². The number of hydrogen-bond acceptors (Lipinski definition) is 11. The first kappa shape index (κ1) is 45.7. The molecule has 0 aliphatic heterocycles. The Labute approximate surface area is 308 Å². The van der Waals surface area contributed by atoms with Crippen LogP contribution in [0.2, 0.25) is 0 Å². The zero-order valence-electron chi connectivity index (χ0n) is 32.8. The number of nitrogens with zero attached hydrogens (tertiary/aromatic N) is 3. The Morgan fingerprint density at radius 3 is 2.00 bits per heavy atom. The van der Waals surface area contributed by atoms with E-state index in [0.29, 0.717) is 55.4 Å². The number of rotatable bonds is 30. The molecule has 0 aliphatic rings. The van der Waals surface area contributed by atoms with Gasteiger partial charge in [0.1, 0.15) is 6.04 Å². The molecule has 0 fully saturated rings. The minimum Gasteiger partial charge on any atom is -0.354 e. The van der Waals surface area contributed by atoms with E-state index in [2.05, 4.69) is 81.9 Å². The molecule has 8 N–H and O–H groups in total. The number of thioether (sulfide) groups is 1. The third-order valence-electron chi connectivity index (χ3n) is 9.64. The minimum atomic E-state index is -0.538. The van der Waals surface area contributed by atoms with Crippen LogP contribution in [0.25, 0.3) is 0 Å². The average molecular weight is 720 g/mol. The molecule has 0 spiro atoms. The number of Topliss-reactive ketones (excluding diaryl/α,β-unsaturated/α-hetero) is 1. The van der Waals surface area contributed by atoms with Crippen molar-refractivity contribution in [3.05, 3.63) is 12.2 Å². The molecule has 4 unspecified atom stereocenters. The first-order valence-electron chi connectivity index (χ1n) is 19.4. The lowest BCUT2D eigenvalue weighted by Crippen LogP contribution is -2.44. The van der Waals surface area contributed by atoms with Crippen LogP contribution in [0.3, 0.4) is 0 Å². The number of carbonyl (C=O) groups is 2. The molecule has 0 saturated heterocycles. The van der Waals surface area contributed by atoms with Crippen LogP contribution < -0.4 is 32.7 Å². The fraction of sp³-hybridized carbons (Fsp3) is 0.816. The van der Waals surface area contributed by atoms with Crippen molar-refractivity contribution in [3.63, 3.8) is 0 Å². The Balaban J connectivity index is 3.27. The molecule has 0 aromatic carbocycles. The fourth-order valence-corrected chi connectivity index (χ4v) is 6.82. The Hall–Kier alpha value is -2.28. The molecule has 0 bridgehead atoms. The van der Waals surface area contributed by atoms with Crippen LogP contribution in [-0.4, -0.2) is 76.2 Å². The van der Waals surface area contributed by atoms with E-state index in [1.807, 2.05) is 6.92 Å². The number of allylic oxidation sites excluding steroid dienone is 1. The molecular formula is C38H73N9O2S. The van der Waals surface area contributed by atoms with Crippen molar-refractivity contribution in [2.24, 2.45) is 22.8 Å². The normalized spacial score (nSPS) is 15.4. The summed E-state index contributed by atoms with van der Waals surface area (Å²) >= 11 is 1.57. The highest BCUT2D eigenvalue weighted by Gasteiger charge is 2.36. The molecule has 1 amide bonds. The smallest absolute Gasteiger partial charge is 0.242 e. The zero-order valence-corrected chi connectivity index (χ0v) is 33.7. The zero-order chi connectivity index (χ0) is 37.4. The summed E-state index contributed by atoms with van der Waals surface area (Å²) in [5.74, 6) is 2.16. The molecule has 0 radical (unpaired) electrons. The predicted octanol–water partition coefficient (Wildman–Crippen LogP) is 6.85. The molecule has 1 aromatic rings. The van der Waals surface area contributed by atoms with Crippen molar-refractivity contribution in [1.82, 2.24) is 25.6 Å². The van der Waals surface area contributed by atoms with Gasteiger partial charge in [-0.05, 0) is 116 Å². The number of aromatic nitrogens is 3. The van der Waals surface area contributed by atoms with Gasteiger partial charge in [0, 0.05) is 23.3 Å². The molecule has 288 valence electrons. The standard InChI is InChI=1S/C38H73N9O2S/c1-9-13-23-38(8,12-4)42-27-18-26-41-33(49)31(20-15-17-25-40)44-35-45-34(46-36(47-35)50-28-21-29(5)6)43-30(19-14-16-24-39)32(48)37(7,11-3)22-10-2/h9,13,29-31,42H,10-12,14-28,39-40H2,1-8H3,(H,41,49)(H2,43,44,45,46,47)/b13-9-. The Morgan fingerprint density at radius 1 is 0.840 bits per heavy atom. The highest BCUT2D eigenvalue weighted by molar-refractivity contribution is 7.99. The van der Waals surface area contributed by atoms with Gasteiger partial charge in [-0.1, -0.05) is 71.9 Å². The monoisotopic (exact) mass is 720 g/mol. The summed E-state index contributed by atoms with van der Waals surface area (Å²) in [6.45, 7) is 19.7. The van der Waals surface area contributed by atoms with Crippen molar-refractivity contribution < 1.29 is 9.59 Å². The summed E-state index contributed by atoms with van der Waals surface area (Å²) in [5.41, 5.74) is 11.2. The number of carbonyl (C=O) groups excluding carboxylic acids is 2. The van der Waals surface area contributed by atoms with Gasteiger partial charge in [-0.2, -0.15) is 15.0 Å². The number of hydrogen-bond donors (Lipinski definition) is 6. The first-order valence-corrected chi connectivity index (χ1v) is 20.4. The second kappa shape index (κ2) is 25.6. The lowest BCUT2D eigenvalue weighted by atomic mass is 9.75. The first-order chi connectivity index (χ1) is 23.9. The van der Waals surface area contributed by atoms with Crippen LogP contribution in [0, 0.1) is 11.3 Å². The van der Waals surface area contributed by atoms with Crippen LogP contribution in [0.15, 0.2) is 17.3 Å². The van der Waals surface area contributed by atoms with E-state index >= 15 is 0 Å². The highest BCUT2D eigenvalue weighted by Crippen LogP contribution is 2.32. The number of amides is 1. The third kappa shape index (κ3) is 17.8. The molecule has 0 saturated carbocycles. The van der Waals surface area contributed by atoms with E-state index in [0.717, 1.165) is 82.9 Å². The highest BCUT2D eigenvalue weighted by atomic mass is 32.2. The Bertz CT molecular complexity index is 1120. The maximum absolute atomic E-state index is 14.0. The van der Waals surface area contributed by atoms with Crippen molar-refractivity contribution in [2.75, 3.05) is 42.6 Å². The van der Waals surface area contributed by atoms with Crippen molar-refractivity contribution >= 4 is 35.3 Å². The van der Waals surface area contributed by atoms with Gasteiger partial charge >= 0.3 is 0 Å². The predicted molar refractivity (Wildman–Crippen MR) is 213 cm³/mol. The summed E-state index contributed by atoms with van der Waals surface area (Å²) in [5, 5.41) is 14.1. The second-order valence-electron chi connectivity index (χ2n) is 14.5. The topological polar surface area (TPSA) is 173 Å². The van der Waals surface area contributed by atoms with E-state index in [1.54, 1.807) is 11.8 Å². The lowest BCUT2D eigenvalue weighted by molar-refractivity contribution is -0.129. The van der Waals surface area contributed by atoms with Gasteiger partial charge in [0.2, 0.25) is 17.8 Å². The number of nitrogens with two attached hydrogens (primary N) is 2. The summed E-state index contributed by atoms with van der Waals surface area (Å²) < 4.78 is 0. The van der Waals surface area contributed by atoms with Crippen LogP contribution in [0.1, 0.15) is 139 Å². The molecule has 0 aliphatic carbocycles. The quantitative estimate of drug-likeness (QED) is 0.0279. The fourth-order valence-electron chi connectivity index (χ4n) is 5.75. The number of nitrogens with one attached hydrogen (secondary N) is 4. The minimum absolute atomic E-state index is 0.0390. The summed E-state index contributed by atoms with van der Waals surface area (Å²) in [4.78, 5) is 41.8. The molecular weight excluding hydrogens is 647 g/mol.